The van der Waals surface area contributed by atoms with Crippen LogP contribution >= 0.6 is 24.8 Å². The zero-order valence-electron chi connectivity index (χ0n) is 6.93. The fraction of sp³-hybridized carbons (Fsp3) is 0.667. The average Bonchev–Trinajstić information content (AvgIpc) is 2.41. The van der Waals surface area contributed by atoms with Gasteiger partial charge in [-0.05, 0) is 6.54 Å². The van der Waals surface area contributed by atoms with Gasteiger partial charge in [-0.15, -0.1) is 29.9 Å². The largest absolute Gasteiger partial charge is 0.315 e. The van der Waals surface area contributed by atoms with Gasteiger partial charge in [0, 0.05) is 12.7 Å². The Morgan fingerprint density at radius 1 is 1.42 bits per heavy atom. The number of likely N-dealkylation sites (N-methyl/N-ethyl adjacent to an activating group) is 1. The van der Waals surface area contributed by atoms with Crippen LogP contribution in [0.2, 0.25) is 0 Å². The van der Waals surface area contributed by atoms with Crippen LogP contribution in [-0.4, -0.2) is 28.1 Å². The molecule has 0 fully saturated rings. The van der Waals surface area contributed by atoms with E-state index in [4.69, 9.17) is 0 Å². The van der Waals surface area contributed by atoms with E-state index in [1.165, 1.54) is 0 Å². The molecule has 0 atom stereocenters. The number of nitrogens with one attached hydrogen (secondary N) is 1. The molecular weight excluding hydrogens is 199 g/mol. The molecule has 0 aliphatic heterocycles. The van der Waals surface area contributed by atoms with Crippen LogP contribution in [-0.2, 0) is 6.54 Å². The molecule has 72 valence electrons. The lowest BCUT2D eigenvalue weighted by Crippen LogP contribution is -2.19. The highest BCUT2D eigenvalue weighted by atomic mass is 35.5. The molecule has 12 heavy (non-hydrogen) atoms. The van der Waals surface area contributed by atoms with Crippen molar-refractivity contribution < 1.29 is 0 Å². The number of aromatic nitrogens is 3. The van der Waals surface area contributed by atoms with Gasteiger partial charge in [-0.2, -0.15) is 0 Å². The molecule has 0 bridgehead atoms. The van der Waals surface area contributed by atoms with Gasteiger partial charge >= 0.3 is 0 Å². The van der Waals surface area contributed by atoms with Crippen molar-refractivity contribution in [3.8, 4) is 0 Å². The summed E-state index contributed by atoms with van der Waals surface area (Å²) in [6.45, 7) is 4.95. The molecule has 0 aliphatic rings. The minimum absolute atomic E-state index is 0. The van der Waals surface area contributed by atoms with Gasteiger partial charge in [0.2, 0.25) is 0 Å². The molecule has 0 amide bonds. The van der Waals surface area contributed by atoms with E-state index < -0.39 is 0 Å². The van der Waals surface area contributed by atoms with Gasteiger partial charge in [-0.25, -0.2) is 0 Å². The summed E-state index contributed by atoms with van der Waals surface area (Å²) in [4.78, 5) is 0. The van der Waals surface area contributed by atoms with Gasteiger partial charge < -0.3 is 5.32 Å². The number of halogens is 2. The molecule has 0 saturated carbocycles. The van der Waals surface area contributed by atoms with E-state index >= 15 is 0 Å². The van der Waals surface area contributed by atoms with Gasteiger partial charge in [0.25, 0.3) is 0 Å². The lowest BCUT2D eigenvalue weighted by Gasteiger charge is -1.99. The van der Waals surface area contributed by atoms with Crippen molar-refractivity contribution in [2.75, 3.05) is 13.1 Å². The van der Waals surface area contributed by atoms with Crippen LogP contribution in [0.1, 0.15) is 6.92 Å². The lowest BCUT2D eigenvalue weighted by atomic mass is 10.6. The van der Waals surface area contributed by atoms with Crippen molar-refractivity contribution in [1.29, 1.82) is 0 Å². The van der Waals surface area contributed by atoms with E-state index in [1.54, 1.807) is 6.20 Å². The van der Waals surface area contributed by atoms with Crippen LogP contribution in [0.5, 0.6) is 0 Å². The predicted molar refractivity (Wildman–Crippen MR) is 53.1 cm³/mol. The predicted octanol–water partition coefficient (Wildman–Crippen LogP) is 0.731. The molecule has 1 aromatic heterocycles. The Bertz CT molecular complexity index is 166. The second-order valence-electron chi connectivity index (χ2n) is 2.02. The topological polar surface area (TPSA) is 42.7 Å². The van der Waals surface area contributed by atoms with Gasteiger partial charge in [0.1, 0.15) is 0 Å². The van der Waals surface area contributed by atoms with Crippen molar-refractivity contribution in [2.24, 2.45) is 0 Å². The van der Waals surface area contributed by atoms with Crippen LogP contribution < -0.4 is 5.32 Å². The van der Waals surface area contributed by atoms with Gasteiger partial charge in [-0.3, -0.25) is 4.68 Å². The van der Waals surface area contributed by atoms with Crippen molar-refractivity contribution in [2.45, 2.75) is 13.5 Å². The van der Waals surface area contributed by atoms with Crippen molar-refractivity contribution in [3.05, 3.63) is 12.4 Å². The van der Waals surface area contributed by atoms with E-state index in [1.807, 2.05) is 10.9 Å². The molecule has 1 rings (SSSR count). The zero-order valence-corrected chi connectivity index (χ0v) is 8.57. The first-order valence-corrected chi connectivity index (χ1v) is 3.48. The zero-order chi connectivity index (χ0) is 7.23. The average molecular weight is 213 g/mol. The van der Waals surface area contributed by atoms with Crippen LogP contribution in [0, 0.1) is 0 Å². The molecule has 0 radical (unpaired) electrons. The smallest absolute Gasteiger partial charge is 0.0692 e. The summed E-state index contributed by atoms with van der Waals surface area (Å²) >= 11 is 0. The maximum absolute atomic E-state index is 3.81. The third-order valence-electron chi connectivity index (χ3n) is 1.24. The first kappa shape index (κ1) is 14.2. The standard InChI is InChI=1S/C6H12N4.2ClH/c1-2-7-3-5-10-6-4-8-9-10;;/h4,6-7H,2-3,5H2,1H3;2*1H. The number of nitrogens with zero attached hydrogens (tertiary/aromatic N) is 3. The molecular formula is C6H14Cl2N4. The molecule has 6 heteroatoms. The van der Waals surface area contributed by atoms with Crippen molar-refractivity contribution in [3.63, 3.8) is 0 Å². The van der Waals surface area contributed by atoms with Crippen LogP contribution in [0.4, 0.5) is 0 Å². The minimum atomic E-state index is 0. The molecule has 0 aliphatic carbocycles. The maximum Gasteiger partial charge on any atom is 0.0692 e. The van der Waals surface area contributed by atoms with Crippen LogP contribution in [0.25, 0.3) is 0 Å². The molecule has 0 unspecified atom stereocenters. The Morgan fingerprint density at radius 2 is 2.17 bits per heavy atom. The number of rotatable bonds is 4. The summed E-state index contributed by atoms with van der Waals surface area (Å²) < 4.78 is 1.81. The van der Waals surface area contributed by atoms with Gasteiger partial charge in [-0.1, -0.05) is 12.1 Å². The van der Waals surface area contributed by atoms with Crippen molar-refractivity contribution in [1.82, 2.24) is 20.3 Å². The fourth-order valence-electron chi connectivity index (χ4n) is 0.722. The highest BCUT2D eigenvalue weighted by Crippen LogP contribution is 1.77. The fourth-order valence-corrected chi connectivity index (χ4v) is 0.722. The molecule has 1 heterocycles. The van der Waals surface area contributed by atoms with Gasteiger partial charge in [0.05, 0.1) is 12.7 Å². The van der Waals surface area contributed by atoms with E-state index in [0.717, 1.165) is 19.6 Å². The molecule has 0 aromatic carbocycles. The highest BCUT2D eigenvalue weighted by molar-refractivity contribution is 5.85. The molecule has 4 nitrogen and oxygen atoms in total. The van der Waals surface area contributed by atoms with E-state index in [9.17, 15) is 0 Å². The second-order valence-corrected chi connectivity index (χ2v) is 2.02. The molecule has 1 N–H and O–H groups in total. The maximum atomic E-state index is 3.81. The Labute approximate surface area is 84.5 Å². The summed E-state index contributed by atoms with van der Waals surface area (Å²) in [6.07, 6.45) is 3.54. The highest BCUT2D eigenvalue weighted by Gasteiger charge is 1.87. The number of hydrogen-bond acceptors (Lipinski definition) is 3. The SMILES string of the molecule is CCNCCn1ccnn1.Cl.Cl. The van der Waals surface area contributed by atoms with Crippen LogP contribution in [0.3, 0.4) is 0 Å². The lowest BCUT2D eigenvalue weighted by molar-refractivity contribution is 0.549. The first-order chi connectivity index (χ1) is 4.93. The first-order valence-electron chi connectivity index (χ1n) is 3.48. The quantitative estimate of drug-likeness (QED) is 0.750. The Hall–Kier alpha value is -0.320. The summed E-state index contributed by atoms with van der Waals surface area (Å²) in [7, 11) is 0. The molecule has 0 spiro atoms. The molecule has 1 aromatic rings. The summed E-state index contributed by atoms with van der Waals surface area (Å²) in [5.74, 6) is 0. The van der Waals surface area contributed by atoms with Crippen molar-refractivity contribution >= 4 is 24.8 Å². The second kappa shape index (κ2) is 8.77. The third kappa shape index (κ3) is 5.35. The monoisotopic (exact) mass is 212 g/mol. The van der Waals surface area contributed by atoms with Gasteiger partial charge in [0.15, 0.2) is 0 Å². The summed E-state index contributed by atoms with van der Waals surface area (Å²) in [6, 6.07) is 0. The number of hydrogen-bond donors (Lipinski definition) is 1. The Morgan fingerprint density at radius 3 is 2.67 bits per heavy atom. The van der Waals surface area contributed by atoms with E-state index in [0.29, 0.717) is 0 Å². The van der Waals surface area contributed by atoms with E-state index in [-0.39, 0.29) is 24.8 Å². The van der Waals surface area contributed by atoms with E-state index in [2.05, 4.69) is 22.6 Å². The minimum Gasteiger partial charge on any atom is -0.315 e. The Kier molecular flexibility index (Phi) is 10.4. The molecule has 0 saturated heterocycles. The normalized spacial score (nSPS) is 8.42. The summed E-state index contributed by atoms with van der Waals surface area (Å²) in [5.41, 5.74) is 0. The Balaban J connectivity index is 0. The third-order valence-corrected chi connectivity index (χ3v) is 1.24. The van der Waals surface area contributed by atoms with Crippen LogP contribution in [0.15, 0.2) is 12.4 Å². The summed E-state index contributed by atoms with van der Waals surface area (Å²) in [5, 5.41) is 10.7.